The van der Waals surface area contributed by atoms with Crippen LogP contribution in [0.5, 0.6) is 0 Å². The SMILES string of the molecule is CCNC(c1c(Br)cnn1C(C)C)C1C2CCCCC21. The summed E-state index contributed by atoms with van der Waals surface area (Å²) in [5, 5.41) is 8.32. The van der Waals surface area contributed by atoms with Crippen molar-refractivity contribution >= 4 is 15.9 Å². The van der Waals surface area contributed by atoms with Gasteiger partial charge in [-0.1, -0.05) is 19.8 Å². The van der Waals surface area contributed by atoms with E-state index in [1.165, 1.54) is 35.8 Å². The summed E-state index contributed by atoms with van der Waals surface area (Å²) in [6.07, 6.45) is 7.70. The van der Waals surface area contributed by atoms with E-state index in [1.54, 1.807) is 0 Å². The zero-order valence-electron chi connectivity index (χ0n) is 12.8. The van der Waals surface area contributed by atoms with E-state index < -0.39 is 0 Å². The number of nitrogens with zero attached hydrogens (tertiary/aromatic N) is 2. The van der Waals surface area contributed by atoms with Crippen LogP contribution in [-0.4, -0.2) is 16.3 Å². The van der Waals surface area contributed by atoms with E-state index in [2.05, 4.69) is 51.8 Å². The van der Waals surface area contributed by atoms with Gasteiger partial charge in [0.15, 0.2) is 0 Å². The highest BCUT2D eigenvalue weighted by Gasteiger charge is 2.55. The van der Waals surface area contributed by atoms with Gasteiger partial charge in [-0.25, -0.2) is 0 Å². The number of rotatable bonds is 5. The summed E-state index contributed by atoms with van der Waals surface area (Å²) in [6.45, 7) is 7.66. The van der Waals surface area contributed by atoms with Gasteiger partial charge in [0.2, 0.25) is 0 Å². The van der Waals surface area contributed by atoms with E-state index in [9.17, 15) is 0 Å². The molecule has 0 radical (unpaired) electrons. The van der Waals surface area contributed by atoms with Crippen molar-refractivity contribution in [2.75, 3.05) is 6.54 Å². The molecule has 20 heavy (non-hydrogen) atoms. The molecule has 2 saturated carbocycles. The van der Waals surface area contributed by atoms with Crippen LogP contribution in [0.15, 0.2) is 10.7 Å². The van der Waals surface area contributed by atoms with Gasteiger partial charge in [0.05, 0.1) is 22.4 Å². The van der Waals surface area contributed by atoms with Gasteiger partial charge in [0, 0.05) is 6.04 Å². The minimum atomic E-state index is 0.415. The van der Waals surface area contributed by atoms with Crippen molar-refractivity contribution in [1.29, 1.82) is 0 Å². The van der Waals surface area contributed by atoms with Gasteiger partial charge in [0.25, 0.3) is 0 Å². The summed E-state index contributed by atoms with van der Waals surface area (Å²) < 4.78 is 3.36. The lowest BCUT2D eigenvalue weighted by atomic mass is 10.0. The van der Waals surface area contributed by atoms with Crippen molar-refractivity contribution in [3.8, 4) is 0 Å². The molecule has 3 unspecified atom stereocenters. The van der Waals surface area contributed by atoms with Crippen molar-refractivity contribution < 1.29 is 0 Å². The second kappa shape index (κ2) is 5.80. The van der Waals surface area contributed by atoms with Gasteiger partial charge in [-0.15, -0.1) is 0 Å². The van der Waals surface area contributed by atoms with Gasteiger partial charge in [-0.2, -0.15) is 5.10 Å². The van der Waals surface area contributed by atoms with Crippen LogP contribution in [0, 0.1) is 17.8 Å². The smallest absolute Gasteiger partial charge is 0.0701 e. The fraction of sp³-hybridized carbons (Fsp3) is 0.812. The Kier molecular flexibility index (Phi) is 4.23. The van der Waals surface area contributed by atoms with Crippen molar-refractivity contribution in [2.24, 2.45) is 17.8 Å². The molecule has 1 N–H and O–H groups in total. The van der Waals surface area contributed by atoms with E-state index in [0.29, 0.717) is 12.1 Å². The number of hydrogen-bond donors (Lipinski definition) is 1. The molecule has 3 atom stereocenters. The molecule has 1 heterocycles. The van der Waals surface area contributed by atoms with Gasteiger partial charge >= 0.3 is 0 Å². The molecular formula is C16H26BrN3. The Balaban J connectivity index is 1.89. The molecule has 4 heteroatoms. The second-order valence-electron chi connectivity index (χ2n) is 6.64. The van der Waals surface area contributed by atoms with Crippen LogP contribution in [0.2, 0.25) is 0 Å². The van der Waals surface area contributed by atoms with Crippen LogP contribution in [0.25, 0.3) is 0 Å². The van der Waals surface area contributed by atoms with E-state index in [0.717, 1.165) is 24.3 Å². The Morgan fingerprint density at radius 1 is 1.35 bits per heavy atom. The Morgan fingerprint density at radius 3 is 2.55 bits per heavy atom. The van der Waals surface area contributed by atoms with Crippen molar-refractivity contribution in [3.63, 3.8) is 0 Å². The highest BCUT2D eigenvalue weighted by Crippen LogP contribution is 2.60. The van der Waals surface area contributed by atoms with Gasteiger partial charge in [0.1, 0.15) is 0 Å². The quantitative estimate of drug-likeness (QED) is 0.865. The fourth-order valence-corrected chi connectivity index (χ4v) is 4.75. The molecule has 0 bridgehead atoms. The third kappa shape index (κ3) is 2.45. The normalized spacial score (nSPS) is 30.4. The van der Waals surface area contributed by atoms with Crippen LogP contribution < -0.4 is 5.32 Å². The lowest BCUT2D eigenvalue weighted by Crippen LogP contribution is -2.27. The first-order valence-electron chi connectivity index (χ1n) is 8.11. The Morgan fingerprint density at radius 2 is 2.00 bits per heavy atom. The molecule has 0 aromatic carbocycles. The number of aromatic nitrogens is 2. The summed E-state index contributed by atoms with van der Waals surface area (Å²) in [6, 6.07) is 0.880. The molecule has 3 rings (SSSR count). The van der Waals surface area contributed by atoms with E-state index in [4.69, 9.17) is 0 Å². The maximum absolute atomic E-state index is 4.58. The maximum Gasteiger partial charge on any atom is 0.0701 e. The first-order chi connectivity index (χ1) is 9.65. The highest BCUT2D eigenvalue weighted by atomic mass is 79.9. The lowest BCUT2D eigenvalue weighted by molar-refractivity contribution is 0.399. The third-order valence-corrected chi connectivity index (χ3v) is 5.71. The van der Waals surface area contributed by atoms with Gasteiger partial charge in [-0.05, 0) is 66.9 Å². The van der Waals surface area contributed by atoms with Crippen LogP contribution >= 0.6 is 15.9 Å². The predicted octanol–water partition coefficient (Wildman–Crippen LogP) is 4.31. The molecule has 0 amide bonds. The second-order valence-corrected chi connectivity index (χ2v) is 7.50. The first-order valence-corrected chi connectivity index (χ1v) is 8.90. The van der Waals surface area contributed by atoms with E-state index in [-0.39, 0.29) is 0 Å². The van der Waals surface area contributed by atoms with E-state index >= 15 is 0 Å². The van der Waals surface area contributed by atoms with E-state index in [1.807, 2.05) is 6.20 Å². The summed E-state index contributed by atoms with van der Waals surface area (Å²) in [5.41, 5.74) is 1.36. The van der Waals surface area contributed by atoms with Crippen molar-refractivity contribution in [3.05, 3.63) is 16.4 Å². The molecule has 0 saturated heterocycles. The highest BCUT2D eigenvalue weighted by molar-refractivity contribution is 9.10. The Bertz CT molecular complexity index is 456. The molecule has 112 valence electrons. The fourth-order valence-electron chi connectivity index (χ4n) is 4.23. The average Bonchev–Trinajstić information content (AvgIpc) is 3.02. The summed E-state index contributed by atoms with van der Waals surface area (Å²) >= 11 is 3.73. The summed E-state index contributed by atoms with van der Waals surface area (Å²) in [5.74, 6) is 2.73. The molecule has 2 fully saturated rings. The molecule has 0 spiro atoms. The van der Waals surface area contributed by atoms with Crippen molar-refractivity contribution in [1.82, 2.24) is 15.1 Å². The maximum atomic E-state index is 4.58. The Labute approximate surface area is 130 Å². The zero-order valence-corrected chi connectivity index (χ0v) is 14.4. The molecule has 3 nitrogen and oxygen atoms in total. The predicted molar refractivity (Wildman–Crippen MR) is 85.7 cm³/mol. The van der Waals surface area contributed by atoms with Crippen molar-refractivity contribution in [2.45, 2.75) is 58.5 Å². The first kappa shape index (κ1) is 14.6. The monoisotopic (exact) mass is 339 g/mol. The Hall–Kier alpha value is -0.350. The minimum absolute atomic E-state index is 0.415. The molecule has 1 aromatic heterocycles. The van der Waals surface area contributed by atoms with Crippen LogP contribution in [-0.2, 0) is 0 Å². The van der Waals surface area contributed by atoms with Crippen LogP contribution in [0.4, 0.5) is 0 Å². The third-order valence-electron chi connectivity index (χ3n) is 5.10. The van der Waals surface area contributed by atoms with Gasteiger partial charge < -0.3 is 5.32 Å². The molecular weight excluding hydrogens is 314 g/mol. The minimum Gasteiger partial charge on any atom is -0.309 e. The standard InChI is InChI=1S/C16H26BrN3/c1-4-18-15(14-11-7-5-6-8-12(11)14)16-13(17)9-19-20(16)10(2)3/h9-12,14-15,18H,4-8H2,1-3H3. The molecule has 0 aliphatic heterocycles. The lowest BCUT2D eigenvalue weighted by Gasteiger charge is -2.22. The topological polar surface area (TPSA) is 29.9 Å². The number of fused-ring (bicyclic) bond motifs is 1. The number of nitrogens with one attached hydrogen (secondary N) is 1. The van der Waals surface area contributed by atoms with Crippen LogP contribution in [0.1, 0.15) is 64.2 Å². The molecule has 1 aromatic rings. The average molecular weight is 340 g/mol. The summed E-state index contributed by atoms with van der Waals surface area (Å²) in [7, 11) is 0. The van der Waals surface area contributed by atoms with Gasteiger partial charge in [-0.3, -0.25) is 4.68 Å². The zero-order chi connectivity index (χ0) is 14.3. The molecule has 2 aliphatic rings. The van der Waals surface area contributed by atoms with Crippen LogP contribution in [0.3, 0.4) is 0 Å². The number of hydrogen-bond acceptors (Lipinski definition) is 2. The summed E-state index contributed by atoms with van der Waals surface area (Å²) in [4.78, 5) is 0. The number of halogens is 1. The largest absolute Gasteiger partial charge is 0.309 e. The molecule has 2 aliphatic carbocycles.